The minimum Gasteiger partial charge on any atom is -0.310 e. The summed E-state index contributed by atoms with van der Waals surface area (Å²) in [4.78, 5) is 0. The Balaban J connectivity index is 2.40. The molecule has 2 rings (SSSR count). The molecule has 2 aromatic rings. The van der Waals surface area contributed by atoms with Gasteiger partial charge in [0, 0.05) is 11.1 Å². The lowest BCUT2D eigenvalue weighted by Gasteiger charge is -2.15. The molecule has 1 atom stereocenters. The fraction of sp³-hybridized carbons (Fsp3) is 0.250. The van der Waals surface area contributed by atoms with Crippen LogP contribution in [0, 0.1) is 17.5 Å². The lowest BCUT2D eigenvalue weighted by atomic mass is 10.0. The van der Waals surface area contributed by atoms with Crippen molar-refractivity contribution < 1.29 is 13.2 Å². The van der Waals surface area contributed by atoms with Crippen LogP contribution < -0.4 is 5.32 Å². The van der Waals surface area contributed by atoms with Gasteiger partial charge in [-0.3, -0.25) is 0 Å². The molecular formula is C16H15ClF3N. The number of nitrogens with one attached hydrogen (secondary N) is 1. The Hall–Kier alpha value is -1.52. The van der Waals surface area contributed by atoms with E-state index in [1.807, 2.05) is 13.8 Å². The first-order valence-corrected chi connectivity index (χ1v) is 6.99. The molecule has 112 valence electrons. The summed E-state index contributed by atoms with van der Waals surface area (Å²) in [6.45, 7) is 4.76. The molecule has 1 N–H and O–H groups in total. The van der Waals surface area contributed by atoms with Crippen molar-refractivity contribution in [3.05, 3.63) is 58.4 Å². The summed E-state index contributed by atoms with van der Waals surface area (Å²) in [5.74, 6) is -3.90. The number of halogens is 4. The third-order valence-corrected chi connectivity index (χ3v) is 3.62. The summed E-state index contributed by atoms with van der Waals surface area (Å²) in [7, 11) is 0. The molecule has 21 heavy (non-hydrogen) atoms. The van der Waals surface area contributed by atoms with Crippen molar-refractivity contribution in [3.8, 4) is 11.1 Å². The van der Waals surface area contributed by atoms with Gasteiger partial charge in [-0.2, -0.15) is 0 Å². The Kier molecular flexibility index (Phi) is 4.91. The predicted octanol–water partition coefficient (Wildman–Crippen LogP) is 5.09. The van der Waals surface area contributed by atoms with Crippen molar-refractivity contribution in [3.63, 3.8) is 0 Å². The van der Waals surface area contributed by atoms with Gasteiger partial charge in [0.1, 0.15) is 0 Å². The minimum absolute atomic E-state index is 0.0678. The number of hydrogen-bond donors (Lipinski definition) is 1. The van der Waals surface area contributed by atoms with E-state index in [-0.39, 0.29) is 11.6 Å². The van der Waals surface area contributed by atoms with E-state index < -0.39 is 17.5 Å². The van der Waals surface area contributed by atoms with Crippen LogP contribution in [0.2, 0.25) is 5.02 Å². The molecule has 0 amide bonds. The zero-order chi connectivity index (χ0) is 15.6. The highest BCUT2D eigenvalue weighted by atomic mass is 35.5. The highest BCUT2D eigenvalue weighted by Crippen LogP contribution is 2.30. The standard InChI is InChI=1S/C16H15ClF3N/c1-3-21-9(2)12-5-4-10(6-13(12)17)11-7-14(18)16(20)15(19)8-11/h4-9,21H,3H2,1-2H3. The van der Waals surface area contributed by atoms with E-state index in [2.05, 4.69) is 5.32 Å². The fourth-order valence-corrected chi connectivity index (χ4v) is 2.54. The molecule has 0 heterocycles. The normalized spacial score (nSPS) is 12.5. The molecule has 0 saturated carbocycles. The molecule has 2 aromatic carbocycles. The molecule has 0 aliphatic heterocycles. The maximum Gasteiger partial charge on any atom is 0.194 e. The summed E-state index contributed by atoms with van der Waals surface area (Å²) in [5, 5.41) is 3.73. The molecule has 0 fully saturated rings. The van der Waals surface area contributed by atoms with Gasteiger partial charge in [0.05, 0.1) is 0 Å². The second kappa shape index (κ2) is 6.50. The van der Waals surface area contributed by atoms with Crippen LogP contribution >= 0.6 is 11.6 Å². The summed E-state index contributed by atoms with van der Waals surface area (Å²) in [6.07, 6.45) is 0. The molecule has 0 aliphatic rings. The average Bonchev–Trinajstić information content (AvgIpc) is 2.44. The Morgan fingerprint density at radius 3 is 2.19 bits per heavy atom. The zero-order valence-electron chi connectivity index (χ0n) is 11.7. The summed E-state index contributed by atoms with van der Waals surface area (Å²) >= 11 is 6.22. The van der Waals surface area contributed by atoms with E-state index in [0.717, 1.165) is 24.2 Å². The maximum absolute atomic E-state index is 13.3. The van der Waals surface area contributed by atoms with Gasteiger partial charge in [0.15, 0.2) is 17.5 Å². The van der Waals surface area contributed by atoms with Crippen molar-refractivity contribution >= 4 is 11.6 Å². The molecule has 0 radical (unpaired) electrons. The molecular weight excluding hydrogens is 299 g/mol. The van der Waals surface area contributed by atoms with Crippen molar-refractivity contribution in [2.24, 2.45) is 0 Å². The van der Waals surface area contributed by atoms with Gasteiger partial charge in [0.25, 0.3) is 0 Å². The largest absolute Gasteiger partial charge is 0.310 e. The first kappa shape index (κ1) is 15.9. The van der Waals surface area contributed by atoms with Gasteiger partial charge < -0.3 is 5.32 Å². The lowest BCUT2D eigenvalue weighted by Crippen LogP contribution is -2.17. The summed E-state index contributed by atoms with van der Waals surface area (Å²) < 4.78 is 39.5. The van der Waals surface area contributed by atoms with Crippen molar-refractivity contribution in [2.45, 2.75) is 19.9 Å². The third-order valence-electron chi connectivity index (χ3n) is 3.29. The van der Waals surface area contributed by atoms with Gasteiger partial charge in [-0.15, -0.1) is 0 Å². The molecule has 1 unspecified atom stereocenters. The summed E-state index contributed by atoms with van der Waals surface area (Å²) in [6, 6.07) is 7.11. The quantitative estimate of drug-likeness (QED) is 0.775. The topological polar surface area (TPSA) is 12.0 Å². The third kappa shape index (κ3) is 3.39. The molecule has 0 aromatic heterocycles. The van der Waals surface area contributed by atoms with Crippen LogP contribution in [-0.2, 0) is 0 Å². The van der Waals surface area contributed by atoms with Crippen LogP contribution in [0.15, 0.2) is 30.3 Å². The van der Waals surface area contributed by atoms with Crippen LogP contribution in [0.4, 0.5) is 13.2 Å². The zero-order valence-corrected chi connectivity index (χ0v) is 12.4. The first-order valence-electron chi connectivity index (χ1n) is 6.61. The molecule has 0 aliphatic carbocycles. The summed E-state index contributed by atoms with van der Waals surface area (Å²) in [5.41, 5.74) is 1.67. The fourth-order valence-electron chi connectivity index (χ4n) is 2.20. The van der Waals surface area contributed by atoms with E-state index >= 15 is 0 Å². The van der Waals surface area contributed by atoms with Gasteiger partial charge >= 0.3 is 0 Å². The molecule has 5 heteroatoms. The van der Waals surface area contributed by atoms with Gasteiger partial charge in [-0.05, 0) is 48.4 Å². The Morgan fingerprint density at radius 2 is 1.67 bits per heavy atom. The van der Waals surface area contributed by atoms with E-state index in [4.69, 9.17) is 11.6 Å². The van der Waals surface area contributed by atoms with Crippen molar-refractivity contribution in [2.75, 3.05) is 6.54 Å². The van der Waals surface area contributed by atoms with E-state index in [1.54, 1.807) is 18.2 Å². The second-order valence-electron chi connectivity index (χ2n) is 4.77. The Labute approximate surface area is 126 Å². The van der Waals surface area contributed by atoms with E-state index in [9.17, 15) is 13.2 Å². The number of hydrogen-bond acceptors (Lipinski definition) is 1. The minimum atomic E-state index is -1.47. The number of benzene rings is 2. The average molecular weight is 314 g/mol. The van der Waals surface area contributed by atoms with Crippen LogP contribution in [0.3, 0.4) is 0 Å². The molecule has 0 spiro atoms. The lowest BCUT2D eigenvalue weighted by molar-refractivity contribution is 0.447. The monoisotopic (exact) mass is 313 g/mol. The Bertz CT molecular complexity index is 635. The van der Waals surface area contributed by atoms with Crippen molar-refractivity contribution in [1.29, 1.82) is 0 Å². The van der Waals surface area contributed by atoms with Crippen LogP contribution in [0.5, 0.6) is 0 Å². The maximum atomic E-state index is 13.3. The molecule has 0 bridgehead atoms. The second-order valence-corrected chi connectivity index (χ2v) is 5.18. The number of rotatable bonds is 4. The van der Waals surface area contributed by atoms with Gasteiger partial charge in [0.2, 0.25) is 0 Å². The smallest absolute Gasteiger partial charge is 0.194 e. The van der Waals surface area contributed by atoms with Gasteiger partial charge in [-0.25, -0.2) is 13.2 Å². The Morgan fingerprint density at radius 1 is 1.05 bits per heavy atom. The SMILES string of the molecule is CCNC(C)c1ccc(-c2cc(F)c(F)c(F)c2)cc1Cl. The van der Waals surface area contributed by atoms with Crippen molar-refractivity contribution in [1.82, 2.24) is 5.32 Å². The van der Waals surface area contributed by atoms with Crippen LogP contribution in [-0.4, -0.2) is 6.54 Å². The molecule has 0 saturated heterocycles. The predicted molar refractivity (Wildman–Crippen MR) is 78.9 cm³/mol. The first-order chi connectivity index (χ1) is 9.93. The highest BCUT2D eigenvalue weighted by molar-refractivity contribution is 6.31. The highest BCUT2D eigenvalue weighted by Gasteiger charge is 2.14. The molecule has 1 nitrogen and oxygen atoms in total. The van der Waals surface area contributed by atoms with E-state index in [1.165, 1.54) is 0 Å². The van der Waals surface area contributed by atoms with E-state index in [0.29, 0.717) is 10.6 Å². The van der Waals surface area contributed by atoms with Crippen LogP contribution in [0.25, 0.3) is 11.1 Å². The van der Waals surface area contributed by atoms with Crippen LogP contribution in [0.1, 0.15) is 25.5 Å². The van der Waals surface area contributed by atoms with Gasteiger partial charge in [-0.1, -0.05) is 30.7 Å².